The second-order valence-corrected chi connectivity index (χ2v) is 25.8. The van der Waals surface area contributed by atoms with E-state index in [-0.39, 0.29) is 34.0 Å². The Labute approximate surface area is 367 Å². The third-order valence-corrected chi connectivity index (χ3v) is 21.7. The first-order chi connectivity index (χ1) is 26.0. The third kappa shape index (κ3) is 25.3. The molecule has 0 radical (unpaired) electrons. The summed E-state index contributed by atoms with van der Waals surface area (Å²) in [6, 6.07) is 18.7. The van der Waals surface area contributed by atoms with Crippen LogP contribution in [0.15, 0.2) is 48.5 Å². The van der Waals surface area contributed by atoms with Crippen LogP contribution >= 0.6 is 14.5 Å². The maximum atomic E-state index is 6.52. The van der Waals surface area contributed by atoms with Gasteiger partial charge in [-0.3, -0.25) is 0 Å². The fraction of sp³-hybridized carbons (Fsp3) is 0.760. The molecule has 0 atom stereocenters. The Bertz CT molecular complexity index is 956. The van der Waals surface area contributed by atoms with Crippen LogP contribution in [0.5, 0.6) is 11.5 Å². The summed E-state index contributed by atoms with van der Waals surface area (Å²) in [6.45, 7) is 14.1. The van der Waals surface area contributed by atoms with Crippen LogP contribution in [-0.4, -0.2) is 37.0 Å². The van der Waals surface area contributed by atoms with Crippen molar-refractivity contribution in [2.24, 2.45) is 0 Å². The van der Waals surface area contributed by atoms with E-state index in [0.717, 1.165) is 11.5 Å². The van der Waals surface area contributed by atoms with Crippen LogP contribution in [0.1, 0.15) is 207 Å². The molecule has 5 heteroatoms. The average molecular weight is 929 g/mol. The predicted molar refractivity (Wildman–Crippen MR) is 248 cm³/mol. The predicted octanol–water partition coefficient (Wildman–Crippen LogP) is 12.0. The van der Waals surface area contributed by atoms with Crippen LogP contribution in [0.2, 0.25) is 0 Å². The Hall–Kier alpha value is 0.0600. The van der Waals surface area contributed by atoms with Gasteiger partial charge in [-0.1, -0.05) is 143 Å². The fourth-order valence-corrected chi connectivity index (χ4v) is 18.3. The second-order valence-electron chi connectivity index (χ2n) is 17.1. The van der Waals surface area contributed by atoms with Crippen molar-refractivity contribution in [2.45, 2.75) is 208 Å². The van der Waals surface area contributed by atoms with E-state index in [1.54, 1.807) is 11.1 Å². The second kappa shape index (κ2) is 36.0. The summed E-state index contributed by atoms with van der Waals surface area (Å²) in [7, 11) is -2.03. The van der Waals surface area contributed by atoms with Crippen molar-refractivity contribution in [3.8, 4) is 11.5 Å². The topological polar surface area (TPSA) is 9.23 Å². The molecular formula is C50H90Br2OP2. The molecule has 0 saturated carbocycles. The highest BCUT2D eigenvalue weighted by Crippen LogP contribution is 2.64. The van der Waals surface area contributed by atoms with Gasteiger partial charge in [0, 0.05) is 14.5 Å². The molecule has 0 unspecified atom stereocenters. The Morgan fingerprint density at radius 2 is 0.527 bits per heavy atom. The average Bonchev–Trinajstić information content (AvgIpc) is 3.17. The monoisotopic (exact) mass is 926 g/mol. The van der Waals surface area contributed by atoms with Gasteiger partial charge in [-0.2, -0.15) is 0 Å². The highest BCUT2D eigenvalue weighted by atomic mass is 79.9. The van der Waals surface area contributed by atoms with Gasteiger partial charge < -0.3 is 38.7 Å². The van der Waals surface area contributed by atoms with Gasteiger partial charge in [0.05, 0.1) is 49.3 Å². The number of unbranched alkanes of at least 4 members (excludes halogenated alkanes) is 18. The first kappa shape index (κ1) is 55.1. The van der Waals surface area contributed by atoms with Crippen LogP contribution in [0, 0.1) is 0 Å². The smallest absolute Gasteiger partial charge is 0.127 e. The van der Waals surface area contributed by atoms with Crippen molar-refractivity contribution in [3.63, 3.8) is 0 Å². The molecule has 0 aliphatic heterocycles. The van der Waals surface area contributed by atoms with E-state index in [4.69, 9.17) is 4.74 Å². The lowest BCUT2D eigenvalue weighted by Crippen LogP contribution is -3.00. The lowest BCUT2D eigenvalue weighted by atomic mass is 10.2. The third-order valence-electron chi connectivity index (χ3n) is 12.0. The molecule has 2 aromatic carbocycles. The van der Waals surface area contributed by atoms with Gasteiger partial charge in [0.25, 0.3) is 0 Å². The highest BCUT2D eigenvalue weighted by Gasteiger charge is 2.37. The molecule has 55 heavy (non-hydrogen) atoms. The number of rotatable bonds is 36. The summed E-state index contributed by atoms with van der Waals surface area (Å²) in [5.74, 6) is 1.98. The molecule has 0 aliphatic carbocycles. The van der Waals surface area contributed by atoms with E-state index in [1.807, 2.05) is 0 Å². The molecule has 0 fully saturated rings. The largest absolute Gasteiger partial charge is 1.00 e. The van der Waals surface area contributed by atoms with Crippen LogP contribution in [0.25, 0.3) is 0 Å². The Morgan fingerprint density at radius 1 is 0.309 bits per heavy atom. The zero-order chi connectivity index (χ0) is 38.3. The number of hydrogen-bond donors (Lipinski definition) is 0. The summed E-state index contributed by atoms with van der Waals surface area (Å²) in [4.78, 5) is 0. The van der Waals surface area contributed by atoms with Gasteiger partial charge >= 0.3 is 0 Å². The van der Waals surface area contributed by atoms with Crippen LogP contribution in [-0.2, 0) is 12.3 Å². The van der Waals surface area contributed by atoms with Crippen molar-refractivity contribution < 1.29 is 38.7 Å². The molecule has 0 bridgehead atoms. The quantitative estimate of drug-likeness (QED) is 0.0489. The highest BCUT2D eigenvalue weighted by molar-refractivity contribution is 7.75. The van der Waals surface area contributed by atoms with Crippen molar-refractivity contribution in [1.82, 2.24) is 0 Å². The molecule has 2 aromatic rings. The van der Waals surface area contributed by atoms with Gasteiger partial charge in [0.15, 0.2) is 0 Å². The molecule has 0 aromatic heterocycles. The molecule has 0 saturated heterocycles. The van der Waals surface area contributed by atoms with E-state index in [0.29, 0.717) is 0 Å². The van der Waals surface area contributed by atoms with Gasteiger partial charge in [-0.15, -0.1) is 0 Å². The maximum absolute atomic E-state index is 6.52. The van der Waals surface area contributed by atoms with E-state index < -0.39 is 14.5 Å². The lowest BCUT2D eigenvalue weighted by molar-refractivity contribution is -0.001000. The molecule has 0 N–H and O–H groups in total. The Balaban J connectivity index is 0.0000146. The van der Waals surface area contributed by atoms with E-state index in [1.165, 1.54) is 203 Å². The van der Waals surface area contributed by atoms with Crippen molar-refractivity contribution in [1.29, 1.82) is 0 Å². The number of halogens is 2. The standard InChI is InChI=1S/C50H90OP2.2BrH/c1-7-13-19-25-39-52(40-26-20-14-8-2,41-27-21-15-9-3)45-47-31-35-49(36-32-47)51-50-37-33-48(34-38-50)46-53(42-28-22-16-10-4,43-29-23-17-11-5)44-30-24-18-12-6;;/h31-38H,7-30,39-46H2,1-6H3;2*1H/q+2;;/p-2. The normalized spacial score (nSPS) is 11.7. The van der Waals surface area contributed by atoms with Crippen LogP contribution < -0.4 is 38.7 Å². The van der Waals surface area contributed by atoms with Crippen molar-refractivity contribution >= 4 is 14.5 Å². The van der Waals surface area contributed by atoms with E-state index >= 15 is 0 Å². The van der Waals surface area contributed by atoms with Crippen LogP contribution in [0.3, 0.4) is 0 Å². The lowest BCUT2D eigenvalue weighted by Gasteiger charge is -2.29. The maximum Gasteiger partial charge on any atom is 0.127 e. The minimum atomic E-state index is -1.01. The van der Waals surface area contributed by atoms with Gasteiger partial charge in [0.2, 0.25) is 0 Å². The summed E-state index contributed by atoms with van der Waals surface area (Å²) >= 11 is 0. The number of hydrogen-bond acceptors (Lipinski definition) is 1. The van der Waals surface area contributed by atoms with E-state index in [2.05, 4.69) is 90.1 Å². The van der Waals surface area contributed by atoms with Gasteiger partial charge in [-0.05, 0) is 112 Å². The van der Waals surface area contributed by atoms with Gasteiger partial charge in [0.1, 0.15) is 11.5 Å². The summed E-state index contributed by atoms with van der Waals surface area (Å²) < 4.78 is 6.52. The zero-order valence-electron chi connectivity index (χ0n) is 37.3. The summed E-state index contributed by atoms with van der Waals surface area (Å²) in [5, 5.41) is 0. The summed E-state index contributed by atoms with van der Waals surface area (Å²) in [6.07, 6.45) is 45.4. The molecule has 320 valence electrons. The first-order valence-corrected chi connectivity index (χ1v) is 28.6. The molecule has 0 heterocycles. The molecule has 0 aliphatic rings. The van der Waals surface area contributed by atoms with Gasteiger partial charge in [-0.25, -0.2) is 0 Å². The Kier molecular flexibility index (Phi) is 36.0. The summed E-state index contributed by atoms with van der Waals surface area (Å²) in [5.41, 5.74) is 3.11. The van der Waals surface area contributed by atoms with E-state index in [9.17, 15) is 0 Å². The van der Waals surface area contributed by atoms with Crippen molar-refractivity contribution in [3.05, 3.63) is 59.7 Å². The SMILES string of the molecule is CCCCCC[P+](CCCCCC)(CCCCCC)Cc1ccc(Oc2ccc(C[P+](CCCCCC)(CCCCCC)CCCCCC)cc2)cc1.[Br-].[Br-]. The number of ether oxygens (including phenoxy) is 1. The number of benzene rings is 2. The van der Waals surface area contributed by atoms with Crippen LogP contribution in [0.4, 0.5) is 0 Å². The molecule has 0 amide bonds. The fourth-order valence-electron chi connectivity index (χ4n) is 8.63. The van der Waals surface area contributed by atoms with Crippen molar-refractivity contribution in [2.75, 3.05) is 37.0 Å². The molecule has 0 spiro atoms. The minimum Gasteiger partial charge on any atom is -1.00 e. The molecular weight excluding hydrogens is 838 g/mol. The molecule has 2 rings (SSSR count). The minimum absolute atomic E-state index is 0. The first-order valence-electron chi connectivity index (χ1n) is 23.5. The molecule has 1 nitrogen and oxygen atoms in total. The zero-order valence-corrected chi connectivity index (χ0v) is 42.3. The Morgan fingerprint density at radius 3 is 0.727 bits per heavy atom.